The Kier molecular flexibility index (Phi) is 5.95. The van der Waals surface area contributed by atoms with Crippen molar-refractivity contribution in [3.05, 3.63) is 0 Å². The number of rotatable bonds is 4. The SMILES string of the molecule is COC1CCC(CN=C(N)NC2CCCCC2)CC1. The summed E-state index contributed by atoms with van der Waals surface area (Å²) in [5, 5.41) is 3.38. The summed E-state index contributed by atoms with van der Waals surface area (Å²) < 4.78 is 5.39. The van der Waals surface area contributed by atoms with E-state index >= 15 is 0 Å². The van der Waals surface area contributed by atoms with Gasteiger partial charge in [0.05, 0.1) is 6.10 Å². The molecule has 4 heteroatoms. The number of nitrogens with one attached hydrogen (secondary N) is 1. The maximum Gasteiger partial charge on any atom is 0.188 e. The van der Waals surface area contributed by atoms with Gasteiger partial charge in [-0.2, -0.15) is 0 Å². The molecule has 2 rings (SSSR count). The molecule has 0 aromatic heterocycles. The van der Waals surface area contributed by atoms with Crippen LogP contribution in [0.25, 0.3) is 0 Å². The van der Waals surface area contributed by atoms with Crippen LogP contribution >= 0.6 is 0 Å². The van der Waals surface area contributed by atoms with Gasteiger partial charge in [-0.15, -0.1) is 0 Å². The first-order valence-electron chi connectivity index (χ1n) is 7.87. The normalized spacial score (nSPS) is 30.3. The molecule has 0 spiro atoms. The first-order valence-corrected chi connectivity index (χ1v) is 7.87. The van der Waals surface area contributed by atoms with Crippen LogP contribution in [0.2, 0.25) is 0 Å². The first kappa shape index (κ1) is 14.6. The Bertz CT molecular complexity index is 279. The highest BCUT2D eigenvalue weighted by Crippen LogP contribution is 2.26. The zero-order valence-corrected chi connectivity index (χ0v) is 12.2. The zero-order chi connectivity index (χ0) is 13.5. The van der Waals surface area contributed by atoms with Crippen LogP contribution in [0, 0.1) is 5.92 Å². The van der Waals surface area contributed by atoms with Crippen molar-refractivity contribution in [2.75, 3.05) is 13.7 Å². The molecule has 2 fully saturated rings. The summed E-state index contributed by atoms with van der Waals surface area (Å²) in [7, 11) is 1.81. The van der Waals surface area contributed by atoms with Crippen molar-refractivity contribution in [1.29, 1.82) is 0 Å². The van der Waals surface area contributed by atoms with Crippen molar-refractivity contribution in [3.8, 4) is 0 Å². The third-order valence-corrected chi connectivity index (χ3v) is 4.60. The Morgan fingerprint density at radius 1 is 1.11 bits per heavy atom. The molecule has 0 bridgehead atoms. The molecule has 0 heterocycles. The molecule has 2 aliphatic rings. The molecular weight excluding hydrogens is 238 g/mol. The molecule has 2 saturated carbocycles. The van der Waals surface area contributed by atoms with E-state index < -0.39 is 0 Å². The van der Waals surface area contributed by atoms with Crippen LogP contribution in [0.15, 0.2) is 4.99 Å². The predicted octanol–water partition coefficient (Wildman–Crippen LogP) is 2.43. The van der Waals surface area contributed by atoms with Crippen molar-refractivity contribution in [1.82, 2.24) is 5.32 Å². The van der Waals surface area contributed by atoms with Gasteiger partial charge < -0.3 is 15.8 Å². The Hall–Kier alpha value is -0.770. The lowest BCUT2D eigenvalue weighted by atomic mass is 9.87. The largest absolute Gasteiger partial charge is 0.381 e. The number of hydrogen-bond donors (Lipinski definition) is 2. The Balaban J connectivity index is 1.66. The number of guanidine groups is 1. The highest BCUT2D eigenvalue weighted by molar-refractivity contribution is 5.78. The zero-order valence-electron chi connectivity index (χ0n) is 12.2. The highest BCUT2D eigenvalue weighted by Gasteiger charge is 2.20. The van der Waals surface area contributed by atoms with E-state index in [9.17, 15) is 0 Å². The summed E-state index contributed by atoms with van der Waals surface area (Å²) in [4.78, 5) is 4.54. The molecule has 110 valence electrons. The van der Waals surface area contributed by atoms with Gasteiger partial charge in [0.15, 0.2) is 5.96 Å². The van der Waals surface area contributed by atoms with Crippen molar-refractivity contribution >= 4 is 5.96 Å². The average molecular weight is 267 g/mol. The van der Waals surface area contributed by atoms with E-state index in [4.69, 9.17) is 10.5 Å². The van der Waals surface area contributed by atoms with Gasteiger partial charge in [0.2, 0.25) is 0 Å². The van der Waals surface area contributed by atoms with Gasteiger partial charge in [0, 0.05) is 19.7 Å². The van der Waals surface area contributed by atoms with E-state index in [2.05, 4.69) is 10.3 Å². The van der Waals surface area contributed by atoms with Gasteiger partial charge in [-0.05, 0) is 44.4 Å². The lowest BCUT2D eigenvalue weighted by Crippen LogP contribution is -2.41. The van der Waals surface area contributed by atoms with Crippen LogP contribution in [0.3, 0.4) is 0 Å². The topological polar surface area (TPSA) is 59.6 Å². The Morgan fingerprint density at radius 2 is 1.79 bits per heavy atom. The minimum atomic E-state index is 0.470. The molecule has 3 N–H and O–H groups in total. The quantitative estimate of drug-likeness (QED) is 0.607. The van der Waals surface area contributed by atoms with E-state index in [1.165, 1.54) is 57.8 Å². The predicted molar refractivity (Wildman–Crippen MR) is 79.3 cm³/mol. The van der Waals surface area contributed by atoms with Gasteiger partial charge >= 0.3 is 0 Å². The molecule has 0 aromatic rings. The molecule has 0 amide bonds. The van der Waals surface area contributed by atoms with Crippen LogP contribution in [0.4, 0.5) is 0 Å². The van der Waals surface area contributed by atoms with E-state index in [0.29, 0.717) is 24.0 Å². The van der Waals surface area contributed by atoms with Gasteiger partial charge in [-0.3, -0.25) is 4.99 Å². The van der Waals surface area contributed by atoms with E-state index in [1.807, 2.05) is 7.11 Å². The van der Waals surface area contributed by atoms with E-state index in [1.54, 1.807) is 0 Å². The average Bonchev–Trinajstić information content (AvgIpc) is 2.47. The lowest BCUT2D eigenvalue weighted by molar-refractivity contribution is 0.0581. The summed E-state index contributed by atoms with van der Waals surface area (Å²) >= 11 is 0. The highest BCUT2D eigenvalue weighted by atomic mass is 16.5. The Labute approximate surface area is 117 Å². The summed E-state index contributed by atoms with van der Waals surface area (Å²) in [5.74, 6) is 1.35. The number of ether oxygens (including phenoxy) is 1. The van der Waals surface area contributed by atoms with Crippen molar-refractivity contribution in [2.45, 2.75) is 69.9 Å². The number of hydrogen-bond acceptors (Lipinski definition) is 2. The fraction of sp³-hybridized carbons (Fsp3) is 0.933. The lowest BCUT2D eigenvalue weighted by Gasteiger charge is -2.27. The molecule has 0 aliphatic heterocycles. The van der Waals surface area contributed by atoms with Crippen molar-refractivity contribution in [2.24, 2.45) is 16.6 Å². The number of aliphatic imine (C=N–C) groups is 1. The fourth-order valence-electron chi connectivity index (χ4n) is 3.28. The summed E-state index contributed by atoms with van der Waals surface area (Å²) in [5.41, 5.74) is 5.99. The first-order chi connectivity index (χ1) is 9.28. The molecule has 0 saturated heterocycles. The van der Waals surface area contributed by atoms with E-state index in [-0.39, 0.29) is 0 Å². The molecule has 19 heavy (non-hydrogen) atoms. The third kappa shape index (κ3) is 5.01. The molecular formula is C15H29N3O. The smallest absolute Gasteiger partial charge is 0.188 e. The summed E-state index contributed by atoms with van der Waals surface area (Å²) in [6.07, 6.45) is 11.8. The Morgan fingerprint density at radius 3 is 2.42 bits per heavy atom. The molecule has 4 nitrogen and oxygen atoms in total. The second-order valence-electron chi connectivity index (χ2n) is 6.08. The monoisotopic (exact) mass is 267 g/mol. The maximum atomic E-state index is 5.99. The van der Waals surface area contributed by atoms with E-state index in [0.717, 1.165) is 6.54 Å². The maximum absolute atomic E-state index is 5.99. The van der Waals surface area contributed by atoms with Crippen molar-refractivity contribution < 1.29 is 4.74 Å². The number of methoxy groups -OCH3 is 1. The van der Waals surface area contributed by atoms with Crippen LogP contribution in [-0.4, -0.2) is 31.8 Å². The minimum absolute atomic E-state index is 0.470. The van der Waals surface area contributed by atoms with Crippen LogP contribution in [0.5, 0.6) is 0 Å². The summed E-state index contributed by atoms with van der Waals surface area (Å²) in [6.45, 7) is 0.877. The van der Waals surface area contributed by atoms with Crippen LogP contribution < -0.4 is 11.1 Å². The number of nitrogens with two attached hydrogens (primary N) is 1. The number of nitrogens with zero attached hydrogens (tertiary/aromatic N) is 1. The van der Waals surface area contributed by atoms with Gasteiger partial charge in [0.1, 0.15) is 0 Å². The molecule has 0 atom stereocenters. The minimum Gasteiger partial charge on any atom is -0.381 e. The fourth-order valence-corrected chi connectivity index (χ4v) is 3.28. The third-order valence-electron chi connectivity index (χ3n) is 4.60. The van der Waals surface area contributed by atoms with Crippen molar-refractivity contribution in [3.63, 3.8) is 0 Å². The van der Waals surface area contributed by atoms with Crippen LogP contribution in [-0.2, 0) is 4.74 Å². The van der Waals surface area contributed by atoms with Crippen LogP contribution in [0.1, 0.15) is 57.8 Å². The molecule has 0 aromatic carbocycles. The van der Waals surface area contributed by atoms with Gasteiger partial charge in [0.25, 0.3) is 0 Å². The van der Waals surface area contributed by atoms with Gasteiger partial charge in [-0.25, -0.2) is 0 Å². The van der Waals surface area contributed by atoms with Gasteiger partial charge in [-0.1, -0.05) is 19.3 Å². The molecule has 0 unspecified atom stereocenters. The standard InChI is InChI=1S/C15H29N3O/c1-19-14-9-7-12(8-10-14)11-17-15(16)18-13-5-3-2-4-6-13/h12-14H,2-11H2,1H3,(H3,16,17,18). The summed E-state index contributed by atoms with van der Waals surface area (Å²) in [6, 6.07) is 0.557. The second kappa shape index (κ2) is 7.73. The molecule has 2 aliphatic carbocycles. The molecule has 0 radical (unpaired) electrons. The second-order valence-corrected chi connectivity index (χ2v) is 6.08.